The molecule has 2 atom stereocenters. The smallest absolute Gasteiger partial charge is 0.103 e. The van der Waals surface area contributed by atoms with E-state index in [0.29, 0.717) is 12.2 Å². The van der Waals surface area contributed by atoms with Crippen LogP contribution < -0.4 is 0 Å². The summed E-state index contributed by atoms with van der Waals surface area (Å²) in [7, 11) is 0. The second-order valence-corrected chi connectivity index (χ2v) is 4.59. The molecule has 0 aromatic carbocycles. The van der Waals surface area contributed by atoms with Gasteiger partial charge >= 0.3 is 0 Å². The molecule has 0 aromatic rings. The van der Waals surface area contributed by atoms with Gasteiger partial charge in [0.05, 0.1) is 6.10 Å². The molecule has 1 heteroatoms. The van der Waals surface area contributed by atoms with Crippen LogP contribution >= 0.6 is 0 Å². The van der Waals surface area contributed by atoms with E-state index in [9.17, 15) is 0 Å². The quantitative estimate of drug-likeness (QED) is 0.314. The molecule has 0 saturated carbocycles. The van der Waals surface area contributed by atoms with Crippen LogP contribution in [-0.2, 0) is 4.74 Å². The van der Waals surface area contributed by atoms with E-state index in [-0.39, 0.29) is 0 Å². The van der Waals surface area contributed by atoms with E-state index in [1.165, 1.54) is 44.9 Å². The first-order valence-corrected chi connectivity index (χ1v) is 6.87. The van der Waals surface area contributed by atoms with Gasteiger partial charge in [-0.15, -0.1) is 0 Å². The summed E-state index contributed by atoms with van der Waals surface area (Å²) in [5.41, 5.74) is 0. The maximum absolute atomic E-state index is 5.58. The minimum absolute atomic E-state index is 0.410. The third-order valence-electron chi connectivity index (χ3n) is 2.97. The normalized spacial score (nSPS) is 24.6. The number of rotatable bonds is 9. The Morgan fingerprint density at radius 2 is 1.88 bits per heavy atom. The van der Waals surface area contributed by atoms with Gasteiger partial charge in [0.15, 0.2) is 0 Å². The number of ether oxygens (including phenoxy) is 1. The Morgan fingerprint density at radius 1 is 1.00 bits per heavy atom. The number of allylic oxidation sites excluding steroid dienone is 3. The van der Waals surface area contributed by atoms with Crippen LogP contribution in [-0.4, -0.2) is 12.2 Å². The fourth-order valence-corrected chi connectivity index (χ4v) is 1.85. The molecule has 0 bridgehead atoms. The zero-order valence-electron chi connectivity index (χ0n) is 10.8. The average Bonchev–Trinajstić information content (AvgIpc) is 3.03. The van der Waals surface area contributed by atoms with Gasteiger partial charge in [-0.3, -0.25) is 0 Å². The van der Waals surface area contributed by atoms with Crippen molar-refractivity contribution < 1.29 is 4.74 Å². The fraction of sp³-hybridized carbons (Fsp3) is 0.733. The highest BCUT2D eigenvalue weighted by Crippen LogP contribution is 2.28. The molecule has 0 unspecified atom stereocenters. The van der Waals surface area contributed by atoms with Crippen LogP contribution in [0.4, 0.5) is 0 Å². The van der Waals surface area contributed by atoms with Gasteiger partial charge < -0.3 is 4.74 Å². The van der Waals surface area contributed by atoms with E-state index < -0.39 is 0 Å². The highest BCUT2D eigenvalue weighted by atomic mass is 16.6. The summed E-state index contributed by atoms with van der Waals surface area (Å²) in [5.74, 6) is 0. The molecule has 0 aliphatic carbocycles. The van der Waals surface area contributed by atoms with Crippen molar-refractivity contribution in [2.24, 2.45) is 0 Å². The van der Waals surface area contributed by atoms with E-state index in [1.807, 2.05) is 0 Å². The summed E-state index contributed by atoms with van der Waals surface area (Å²) in [4.78, 5) is 0. The molecule has 1 rings (SSSR count). The van der Waals surface area contributed by atoms with Gasteiger partial charge in [0, 0.05) is 0 Å². The zero-order valence-corrected chi connectivity index (χ0v) is 10.8. The maximum atomic E-state index is 5.58. The summed E-state index contributed by atoms with van der Waals surface area (Å²) in [6.07, 6.45) is 18.6. The molecule has 1 nitrogen and oxygen atoms in total. The van der Waals surface area contributed by atoms with Crippen molar-refractivity contribution in [1.29, 1.82) is 0 Å². The Morgan fingerprint density at radius 3 is 2.62 bits per heavy atom. The molecule has 0 aromatic heterocycles. The minimum atomic E-state index is 0.410. The Bertz CT molecular complexity index is 217. The van der Waals surface area contributed by atoms with Gasteiger partial charge in [-0.2, -0.15) is 0 Å². The summed E-state index contributed by atoms with van der Waals surface area (Å²) in [6.45, 7) is 4.45. The topological polar surface area (TPSA) is 12.5 Å². The van der Waals surface area contributed by atoms with Crippen LogP contribution in [0.1, 0.15) is 58.8 Å². The van der Waals surface area contributed by atoms with E-state index in [4.69, 9.17) is 4.74 Å². The Kier molecular flexibility index (Phi) is 7.24. The number of epoxide rings is 1. The van der Waals surface area contributed by atoms with E-state index in [1.54, 1.807) is 0 Å². The molecular formula is C15H26O. The van der Waals surface area contributed by atoms with Gasteiger partial charge in [-0.05, 0) is 12.8 Å². The zero-order chi connectivity index (χ0) is 11.6. The molecule has 0 N–H and O–H groups in total. The summed E-state index contributed by atoms with van der Waals surface area (Å²) >= 11 is 0. The first kappa shape index (κ1) is 13.5. The molecule has 16 heavy (non-hydrogen) atoms. The van der Waals surface area contributed by atoms with Gasteiger partial charge in [0.1, 0.15) is 6.10 Å². The minimum Gasteiger partial charge on any atom is -0.365 e. The number of hydrogen-bond acceptors (Lipinski definition) is 1. The lowest BCUT2D eigenvalue weighted by atomic mass is 10.1. The molecule has 0 amide bonds. The molecule has 1 aliphatic rings. The Labute approximate surface area is 101 Å². The number of unbranched alkanes of at least 4 members (excludes halogenated alkanes) is 4. The van der Waals surface area contributed by atoms with Crippen molar-refractivity contribution in [1.82, 2.24) is 0 Å². The molecule has 1 fully saturated rings. The predicted molar refractivity (Wildman–Crippen MR) is 70.6 cm³/mol. The number of hydrogen-bond donors (Lipinski definition) is 0. The van der Waals surface area contributed by atoms with Crippen LogP contribution in [0, 0.1) is 0 Å². The van der Waals surface area contributed by atoms with Crippen LogP contribution in [0.3, 0.4) is 0 Å². The van der Waals surface area contributed by atoms with E-state index >= 15 is 0 Å². The molecule has 1 aliphatic heterocycles. The third kappa shape index (κ3) is 6.12. The Balaban J connectivity index is 1.97. The highest BCUT2D eigenvalue weighted by molar-refractivity contribution is 5.10. The Hall–Kier alpha value is -0.560. The lowest BCUT2D eigenvalue weighted by molar-refractivity contribution is 0.373. The summed E-state index contributed by atoms with van der Waals surface area (Å²) in [5, 5.41) is 0. The van der Waals surface area contributed by atoms with Crippen molar-refractivity contribution >= 4 is 0 Å². The van der Waals surface area contributed by atoms with Crippen molar-refractivity contribution in [2.45, 2.75) is 71.0 Å². The van der Waals surface area contributed by atoms with Crippen LogP contribution in [0.2, 0.25) is 0 Å². The lowest BCUT2D eigenvalue weighted by Gasteiger charge is -1.94. The predicted octanol–water partition coefficient (Wildman–Crippen LogP) is 4.64. The van der Waals surface area contributed by atoms with E-state index in [2.05, 4.69) is 38.2 Å². The van der Waals surface area contributed by atoms with Crippen LogP contribution in [0.15, 0.2) is 24.3 Å². The SMILES string of the molecule is CCC/C=C\C=C\[C@H]1O[C@@H]1CCCCCC. The van der Waals surface area contributed by atoms with Gasteiger partial charge in [0.2, 0.25) is 0 Å². The molecule has 92 valence electrons. The highest BCUT2D eigenvalue weighted by Gasteiger charge is 2.35. The van der Waals surface area contributed by atoms with Crippen molar-refractivity contribution in [3.63, 3.8) is 0 Å². The lowest BCUT2D eigenvalue weighted by Crippen LogP contribution is -1.90. The maximum Gasteiger partial charge on any atom is 0.103 e. The van der Waals surface area contributed by atoms with Gasteiger partial charge in [0.25, 0.3) is 0 Å². The standard InChI is InChI=1S/C15H26O/c1-3-5-7-9-11-13-15-14(16-15)12-10-8-6-4-2/h7,9,11,13-15H,3-6,8,10,12H2,1-2H3/b9-7-,13-11+/t14-,15-/m1/s1. The third-order valence-corrected chi connectivity index (χ3v) is 2.97. The monoisotopic (exact) mass is 222 g/mol. The van der Waals surface area contributed by atoms with E-state index in [0.717, 1.165) is 0 Å². The summed E-state index contributed by atoms with van der Waals surface area (Å²) < 4.78 is 5.58. The second kappa shape index (κ2) is 8.58. The summed E-state index contributed by atoms with van der Waals surface area (Å²) in [6, 6.07) is 0. The molecular weight excluding hydrogens is 196 g/mol. The van der Waals surface area contributed by atoms with Crippen molar-refractivity contribution in [3.05, 3.63) is 24.3 Å². The van der Waals surface area contributed by atoms with Crippen molar-refractivity contribution in [3.8, 4) is 0 Å². The largest absolute Gasteiger partial charge is 0.365 e. The van der Waals surface area contributed by atoms with Crippen LogP contribution in [0.25, 0.3) is 0 Å². The first-order valence-electron chi connectivity index (χ1n) is 6.87. The average molecular weight is 222 g/mol. The molecule has 1 heterocycles. The van der Waals surface area contributed by atoms with Gasteiger partial charge in [-0.1, -0.05) is 70.3 Å². The second-order valence-electron chi connectivity index (χ2n) is 4.59. The van der Waals surface area contributed by atoms with Crippen LogP contribution in [0.5, 0.6) is 0 Å². The molecule has 0 radical (unpaired) electrons. The first-order chi connectivity index (χ1) is 7.88. The van der Waals surface area contributed by atoms with Gasteiger partial charge in [-0.25, -0.2) is 0 Å². The molecule has 0 spiro atoms. The fourth-order valence-electron chi connectivity index (χ4n) is 1.85. The van der Waals surface area contributed by atoms with Crippen molar-refractivity contribution in [2.75, 3.05) is 0 Å². The molecule has 1 saturated heterocycles.